The summed E-state index contributed by atoms with van der Waals surface area (Å²) in [5, 5.41) is 2.44. The van der Waals surface area contributed by atoms with E-state index in [2.05, 4.69) is 63.7 Å². The third kappa shape index (κ3) is 2.65. The Kier molecular flexibility index (Phi) is 3.66. The van der Waals surface area contributed by atoms with Crippen LogP contribution in [0, 0.1) is 5.41 Å². The van der Waals surface area contributed by atoms with Crippen LogP contribution in [0.1, 0.15) is 33.3 Å². The standard InChI is InChI=1S/C18H22O/c1-6-19-16-12-11-14-9-7-8-10-15(14)17(16)13(2)18(3,4)5/h7-12H,2,6H2,1,3-5H3. The highest BCUT2D eigenvalue weighted by molar-refractivity contribution is 5.97. The van der Waals surface area contributed by atoms with Gasteiger partial charge < -0.3 is 4.74 Å². The van der Waals surface area contributed by atoms with E-state index in [1.165, 1.54) is 10.8 Å². The van der Waals surface area contributed by atoms with E-state index in [0.29, 0.717) is 6.61 Å². The van der Waals surface area contributed by atoms with Gasteiger partial charge in [-0.15, -0.1) is 0 Å². The molecule has 0 bridgehead atoms. The predicted octanol–water partition coefficient (Wildman–Crippen LogP) is 5.30. The lowest BCUT2D eigenvalue weighted by Crippen LogP contribution is -2.09. The molecule has 0 saturated carbocycles. The number of allylic oxidation sites excluding steroid dienone is 1. The topological polar surface area (TPSA) is 9.23 Å². The molecule has 0 radical (unpaired) electrons. The maximum atomic E-state index is 5.80. The van der Waals surface area contributed by atoms with Crippen molar-refractivity contribution in [1.82, 2.24) is 0 Å². The van der Waals surface area contributed by atoms with Crippen molar-refractivity contribution < 1.29 is 4.74 Å². The van der Waals surface area contributed by atoms with E-state index in [9.17, 15) is 0 Å². The van der Waals surface area contributed by atoms with Gasteiger partial charge in [0.05, 0.1) is 6.61 Å². The fraction of sp³-hybridized carbons (Fsp3) is 0.333. The number of ether oxygens (including phenoxy) is 1. The van der Waals surface area contributed by atoms with E-state index in [4.69, 9.17) is 4.74 Å². The highest BCUT2D eigenvalue weighted by atomic mass is 16.5. The molecular weight excluding hydrogens is 232 g/mol. The van der Waals surface area contributed by atoms with Gasteiger partial charge in [0.1, 0.15) is 5.75 Å². The minimum Gasteiger partial charge on any atom is -0.493 e. The number of hydrogen-bond acceptors (Lipinski definition) is 1. The van der Waals surface area contributed by atoms with Gasteiger partial charge in [-0.1, -0.05) is 57.7 Å². The fourth-order valence-corrected chi connectivity index (χ4v) is 2.21. The molecular formula is C18H22O. The summed E-state index contributed by atoms with van der Waals surface area (Å²) in [4.78, 5) is 0. The summed E-state index contributed by atoms with van der Waals surface area (Å²) < 4.78 is 5.80. The molecule has 0 aliphatic heterocycles. The average molecular weight is 254 g/mol. The molecule has 1 heteroatoms. The summed E-state index contributed by atoms with van der Waals surface area (Å²) in [6.07, 6.45) is 0. The fourth-order valence-electron chi connectivity index (χ4n) is 2.21. The average Bonchev–Trinajstić information content (AvgIpc) is 2.37. The third-order valence-electron chi connectivity index (χ3n) is 3.40. The van der Waals surface area contributed by atoms with Crippen molar-refractivity contribution in [3.8, 4) is 5.75 Å². The normalized spacial score (nSPS) is 11.6. The third-order valence-corrected chi connectivity index (χ3v) is 3.40. The second kappa shape index (κ2) is 5.08. The van der Waals surface area contributed by atoms with Crippen molar-refractivity contribution in [2.45, 2.75) is 27.7 Å². The first-order valence-electron chi connectivity index (χ1n) is 6.79. The predicted molar refractivity (Wildman–Crippen MR) is 83.6 cm³/mol. The van der Waals surface area contributed by atoms with Crippen molar-refractivity contribution >= 4 is 16.3 Å². The summed E-state index contributed by atoms with van der Waals surface area (Å²) in [5.41, 5.74) is 2.29. The molecule has 100 valence electrons. The van der Waals surface area contributed by atoms with Gasteiger partial charge in [-0.25, -0.2) is 0 Å². The van der Waals surface area contributed by atoms with Gasteiger partial charge in [0, 0.05) is 5.56 Å². The smallest absolute Gasteiger partial charge is 0.127 e. The molecule has 0 N–H and O–H groups in total. The molecule has 2 aromatic carbocycles. The molecule has 0 aromatic heterocycles. The van der Waals surface area contributed by atoms with E-state index in [1.807, 2.05) is 6.92 Å². The Balaban J connectivity index is 2.72. The molecule has 2 rings (SSSR count). The van der Waals surface area contributed by atoms with Crippen LogP contribution in [-0.2, 0) is 0 Å². The van der Waals surface area contributed by atoms with Gasteiger partial charge in [-0.2, -0.15) is 0 Å². The first-order chi connectivity index (χ1) is 8.95. The monoisotopic (exact) mass is 254 g/mol. The Morgan fingerprint density at radius 3 is 2.42 bits per heavy atom. The van der Waals surface area contributed by atoms with Crippen molar-refractivity contribution in [2.24, 2.45) is 5.41 Å². The van der Waals surface area contributed by atoms with Crippen LogP contribution in [0.25, 0.3) is 16.3 Å². The van der Waals surface area contributed by atoms with Crippen LogP contribution in [0.3, 0.4) is 0 Å². The molecule has 0 saturated heterocycles. The zero-order valence-electron chi connectivity index (χ0n) is 12.3. The van der Waals surface area contributed by atoms with Crippen LogP contribution in [0.2, 0.25) is 0 Å². The highest BCUT2D eigenvalue weighted by Gasteiger charge is 2.21. The maximum absolute atomic E-state index is 5.80. The van der Waals surface area contributed by atoms with E-state index < -0.39 is 0 Å². The van der Waals surface area contributed by atoms with Gasteiger partial charge >= 0.3 is 0 Å². The maximum Gasteiger partial charge on any atom is 0.127 e. The Hall–Kier alpha value is -1.76. The van der Waals surface area contributed by atoms with Crippen LogP contribution in [0.15, 0.2) is 43.0 Å². The molecule has 2 aromatic rings. The molecule has 0 spiro atoms. The first-order valence-corrected chi connectivity index (χ1v) is 6.79. The molecule has 19 heavy (non-hydrogen) atoms. The van der Waals surface area contributed by atoms with Gasteiger partial charge in [0.2, 0.25) is 0 Å². The number of benzene rings is 2. The van der Waals surface area contributed by atoms with E-state index in [1.54, 1.807) is 0 Å². The molecule has 0 aliphatic rings. The first kappa shape index (κ1) is 13.7. The number of hydrogen-bond donors (Lipinski definition) is 0. The summed E-state index contributed by atoms with van der Waals surface area (Å²) in [5.74, 6) is 0.932. The Morgan fingerprint density at radius 1 is 1.11 bits per heavy atom. The van der Waals surface area contributed by atoms with E-state index in [-0.39, 0.29) is 5.41 Å². The lowest BCUT2D eigenvalue weighted by Gasteiger charge is -2.25. The molecule has 0 aliphatic carbocycles. The Morgan fingerprint density at radius 2 is 1.79 bits per heavy atom. The molecule has 0 unspecified atom stereocenters. The van der Waals surface area contributed by atoms with Crippen LogP contribution in [-0.4, -0.2) is 6.61 Å². The second-order valence-electron chi connectivity index (χ2n) is 5.82. The second-order valence-corrected chi connectivity index (χ2v) is 5.82. The zero-order chi connectivity index (χ0) is 14.0. The quantitative estimate of drug-likeness (QED) is 0.722. The summed E-state index contributed by atoms with van der Waals surface area (Å²) in [6, 6.07) is 12.6. The number of fused-ring (bicyclic) bond motifs is 1. The Bertz CT molecular complexity index is 603. The SMILES string of the molecule is C=C(c1c(OCC)ccc2ccccc12)C(C)(C)C. The van der Waals surface area contributed by atoms with Crippen molar-refractivity contribution in [3.63, 3.8) is 0 Å². The van der Waals surface area contributed by atoms with Gasteiger partial charge in [0.25, 0.3) is 0 Å². The summed E-state index contributed by atoms with van der Waals surface area (Å²) in [7, 11) is 0. The van der Waals surface area contributed by atoms with E-state index >= 15 is 0 Å². The van der Waals surface area contributed by atoms with Crippen LogP contribution < -0.4 is 4.74 Å². The zero-order valence-corrected chi connectivity index (χ0v) is 12.3. The highest BCUT2D eigenvalue weighted by Crippen LogP contribution is 2.41. The van der Waals surface area contributed by atoms with Gasteiger partial charge in [-0.3, -0.25) is 0 Å². The summed E-state index contributed by atoms with van der Waals surface area (Å²) >= 11 is 0. The minimum absolute atomic E-state index is 0.0238. The van der Waals surface area contributed by atoms with Crippen LogP contribution in [0.5, 0.6) is 5.75 Å². The molecule has 0 atom stereocenters. The molecule has 0 amide bonds. The lowest BCUT2D eigenvalue weighted by atomic mass is 9.81. The van der Waals surface area contributed by atoms with Gasteiger partial charge in [-0.05, 0) is 34.8 Å². The van der Waals surface area contributed by atoms with Gasteiger partial charge in [0.15, 0.2) is 0 Å². The molecule has 0 fully saturated rings. The van der Waals surface area contributed by atoms with Crippen LogP contribution in [0.4, 0.5) is 0 Å². The summed E-state index contributed by atoms with van der Waals surface area (Å²) in [6.45, 7) is 13.6. The van der Waals surface area contributed by atoms with E-state index in [0.717, 1.165) is 16.9 Å². The lowest BCUT2D eigenvalue weighted by molar-refractivity contribution is 0.339. The van der Waals surface area contributed by atoms with Crippen molar-refractivity contribution in [3.05, 3.63) is 48.5 Å². The largest absolute Gasteiger partial charge is 0.493 e. The minimum atomic E-state index is 0.0238. The van der Waals surface area contributed by atoms with Crippen molar-refractivity contribution in [2.75, 3.05) is 6.61 Å². The molecule has 1 nitrogen and oxygen atoms in total. The Labute approximate surface area is 115 Å². The number of rotatable bonds is 3. The van der Waals surface area contributed by atoms with Crippen LogP contribution >= 0.6 is 0 Å². The molecule has 0 heterocycles. The van der Waals surface area contributed by atoms with Crippen molar-refractivity contribution in [1.29, 1.82) is 0 Å².